The zero-order valence-corrected chi connectivity index (χ0v) is 14.3. The zero-order chi connectivity index (χ0) is 16.8. The average molecular weight is 314 g/mol. The molecule has 0 amide bonds. The van der Waals surface area contributed by atoms with Gasteiger partial charge in [-0.1, -0.05) is 24.3 Å². The molecule has 0 spiro atoms. The minimum absolute atomic E-state index is 0.180. The second-order valence-corrected chi connectivity index (χ2v) is 5.90. The lowest BCUT2D eigenvalue weighted by atomic mass is 10.1. The molecule has 0 saturated heterocycles. The molecular formula is C19H26N2O2. The molecule has 0 aromatic heterocycles. The Labute approximate surface area is 138 Å². The van der Waals surface area contributed by atoms with E-state index in [9.17, 15) is 5.11 Å². The first-order valence-electron chi connectivity index (χ1n) is 7.84. The Morgan fingerprint density at radius 3 is 2.09 bits per heavy atom. The fourth-order valence-corrected chi connectivity index (χ4v) is 2.41. The molecule has 2 atom stereocenters. The van der Waals surface area contributed by atoms with E-state index in [2.05, 4.69) is 41.4 Å². The number of nitrogens with zero attached hydrogens (tertiary/aromatic N) is 1. The van der Waals surface area contributed by atoms with Crippen molar-refractivity contribution in [1.82, 2.24) is 5.32 Å². The highest BCUT2D eigenvalue weighted by atomic mass is 16.5. The van der Waals surface area contributed by atoms with Crippen LogP contribution in [0.4, 0.5) is 5.69 Å². The summed E-state index contributed by atoms with van der Waals surface area (Å²) in [6.45, 7) is 2.61. The molecule has 0 aliphatic rings. The Kier molecular flexibility index (Phi) is 6.02. The molecule has 0 fully saturated rings. The highest BCUT2D eigenvalue weighted by Gasteiger charge is 2.11. The lowest BCUT2D eigenvalue weighted by Gasteiger charge is -2.19. The van der Waals surface area contributed by atoms with Gasteiger partial charge < -0.3 is 20.1 Å². The van der Waals surface area contributed by atoms with Crippen molar-refractivity contribution in [2.75, 3.05) is 32.6 Å². The molecule has 0 aliphatic carbocycles. The zero-order valence-electron chi connectivity index (χ0n) is 14.3. The maximum atomic E-state index is 10.3. The quantitative estimate of drug-likeness (QED) is 0.824. The topological polar surface area (TPSA) is 44.7 Å². The van der Waals surface area contributed by atoms with Gasteiger partial charge in [0.25, 0.3) is 0 Å². The third kappa shape index (κ3) is 4.71. The summed E-state index contributed by atoms with van der Waals surface area (Å²) >= 11 is 0. The van der Waals surface area contributed by atoms with E-state index in [1.807, 2.05) is 38.4 Å². The van der Waals surface area contributed by atoms with E-state index in [-0.39, 0.29) is 6.04 Å². The second-order valence-electron chi connectivity index (χ2n) is 5.90. The first-order chi connectivity index (χ1) is 11.0. The summed E-state index contributed by atoms with van der Waals surface area (Å²) in [6.07, 6.45) is -0.538. The van der Waals surface area contributed by atoms with Crippen LogP contribution in [0.5, 0.6) is 5.75 Å². The first kappa shape index (κ1) is 17.3. The van der Waals surface area contributed by atoms with Gasteiger partial charge >= 0.3 is 0 Å². The van der Waals surface area contributed by atoms with Gasteiger partial charge in [-0.3, -0.25) is 0 Å². The predicted octanol–water partition coefficient (Wildman–Crippen LogP) is 3.15. The Morgan fingerprint density at radius 2 is 1.57 bits per heavy atom. The smallest absolute Gasteiger partial charge is 0.118 e. The van der Waals surface area contributed by atoms with E-state index in [1.165, 1.54) is 11.3 Å². The van der Waals surface area contributed by atoms with E-state index in [0.717, 1.165) is 11.3 Å². The number of ether oxygens (including phenoxy) is 1. The van der Waals surface area contributed by atoms with Crippen molar-refractivity contribution < 1.29 is 9.84 Å². The van der Waals surface area contributed by atoms with Crippen molar-refractivity contribution in [3.8, 4) is 5.75 Å². The number of rotatable bonds is 7. The van der Waals surface area contributed by atoms with Gasteiger partial charge in [0.05, 0.1) is 13.2 Å². The van der Waals surface area contributed by atoms with Crippen LogP contribution in [-0.4, -0.2) is 32.9 Å². The fraction of sp³-hybridized carbons (Fsp3) is 0.368. The summed E-state index contributed by atoms with van der Waals surface area (Å²) in [7, 11) is 5.69. The number of anilines is 1. The normalized spacial score (nSPS) is 13.4. The number of hydrogen-bond acceptors (Lipinski definition) is 4. The number of aliphatic hydroxyl groups is 1. The van der Waals surface area contributed by atoms with E-state index >= 15 is 0 Å². The van der Waals surface area contributed by atoms with E-state index in [1.54, 1.807) is 7.11 Å². The van der Waals surface area contributed by atoms with Crippen molar-refractivity contribution in [3.05, 3.63) is 59.7 Å². The second kappa shape index (κ2) is 7.99. The van der Waals surface area contributed by atoms with Crippen LogP contribution in [0.15, 0.2) is 48.5 Å². The molecule has 2 rings (SSSR count). The Bertz CT molecular complexity index is 594. The van der Waals surface area contributed by atoms with E-state index in [4.69, 9.17) is 4.74 Å². The van der Waals surface area contributed by atoms with Gasteiger partial charge in [0.1, 0.15) is 5.75 Å². The lowest BCUT2D eigenvalue weighted by Crippen LogP contribution is -2.24. The average Bonchev–Trinajstić information content (AvgIpc) is 2.59. The van der Waals surface area contributed by atoms with Crippen LogP contribution in [0.1, 0.15) is 30.2 Å². The highest BCUT2D eigenvalue weighted by molar-refractivity contribution is 5.46. The molecule has 2 aromatic carbocycles. The first-order valence-corrected chi connectivity index (χ1v) is 7.84. The molecule has 0 bridgehead atoms. The molecule has 0 aliphatic heterocycles. The van der Waals surface area contributed by atoms with Crippen LogP contribution >= 0.6 is 0 Å². The van der Waals surface area contributed by atoms with Gasteiger partial charge in [0.2, 0.25) is 0 Å². The van der Waals surface area contributed by atoms with E-state index < -0.39 is 6.10 Å². The standard InChI is InChI=1S/C19H26N2O2/c1-14(15-5-9-17(10-6-15)21(2)3)20-13-19(22)16-7-11-18(23-4)12-8-16/h5-12,14,19-20,22H,13H2,1-4H3. The number of aliphatic hydroxyl groups excluding tert-OH is 1. The van der Waals surface area contributed by atoms with Gasteiger partial charge in [0.15, 0.2) is 0 Å². The molecule has 124 valence electrons. The van der Waals surface area contributed by atoms with Crippen LogP contribution in [0.25, 0.3) is 0 Å². The fourth-order valence-electron chi connectivity index (χ4n) is 2.41. The summed E-state index contributed by atoms with van der Waals surface area (Å²) < 4.78 is 5.13. The summed E-state index contributed by atoms with van der Waals surface area (Å²) in [5.41, 5.74) is 3.27. The van der Waals surface area contributed by atoms with Crippen molar-refractivity contribution in [3.63, 3.8) is 0 Å². The summed E-state index contributed by atoms with van der Waals surface area (Å²) in [5.74, 6) is 0.795. The SMILES string of the molecule is COc1ccc(C(O)CNC(C)c2ccc(N(C)C)cc2)cc1. The molecule has 23 heavy (non-hydrogen) atoms. The maximum Gasteiger partial charge on any atom is 0.118 e. The van der Waals surface area contributed by atoms with Gasteiger partial charge in [-0.05, 0) is 42.3 Å². The van der Waals surface area contributed by atoms with Crippen molar-refractivity contribution >= 4 is 5.69 Å². The highest BCUT2D eigenvalue weighted by Crippen LogP contribution is 2.20. The van der Waals surface area contributed by atoms with Crippen LogP contribution in [0, 0.1) is 0 Å². The van der Waals surface area contributed by atoms with Gasteiger partial charge in [-0.2, -0.15) is 0 Å². The largest absolute Gasteiger partial charge is 0.497 e. The van der Waals surface area contributed by atoms with Gasteiger partial charge in [-0.25, -0.2) is 0 Å². The molecule has 2 N–H and O–H groups in total. The van der Waals surface area contributed by atoms with Crippen LogP contribution in [0.2, 0.25) is 0 Å². The van der Waals surface area contributed by atoms with Crippen LogP contribution in [-0.2, 0) is 0 Å². The molecule has 0 heterocycles. The summed E-state index contributed by atoms with van der Waals surface area (Å²) in [6, 6.07) is 16.1. The number of methoxy groups -OCH3 is 1. The van der Waals surface area contributed by atoms with Crippen LogP contribution < -0.4 is 15.0 Å². The number of benzene rings is 2. The number of nitrogens with one attached hydrogen (secondary N) is 1. The Hall–Kier alpha value is -2.04. The van der Waals surface area contributed by atoms with E-state index in [0.29, 0.717) is 6.54 Å². The van der Waals surface area contributed by atoms with Crippen LogP contribution in [0.3, 0.4) is 0 Å². The molecule has 2 aromatic rings. The molecule has 4 nitrogen and oxygen atoms in total. The molecule has 0 radical (unpaired) electrons. The van der Waals surface area contributed by atoms with Crippen molar-refractivity contribution in [1.29, 1.82) is 0 Å². The molecule has 0 saturated carbocycles. The maximum absolute atomic E-state index is 10.3. The van der Waals surface area contributed by atoms with Crippen molar-refractivity contribution in [2.24, 2.45) is 0 Å². The summed E-state index contributed by atoms with van der Waals surface area (Å²) in [4.78, 5) is 2.08. The predicted molar refractivity (Wildman–Crippen MR) is 95.1 cm³/mol. The monoisotopic (exact) mass is 314 g/mol. The van der Waals surface area contributed by atoms with Gasteiger partial charge in [0, 0.05) is 32.4 Å². The van der Waals surface area contributed by atoms with Crippen molar-refractivity contribution in [2.45, 2.75) is 19.1 Å². The Morgan fingerprint density at radius 1 is 1.00 bits per heavy atom. The molecular weight excluding hydrogens is 288 g/mol. The number of hydrogen-bond donors (Lipinski definition) is 2. The molecule has 2 unspecified atom stereocenters. The lowest BCUT2D eigenvalue weighted by molar-refractivity contribution is 0.170. The summed E-state index contributed by atoms with van der Waals surface area (Å²) in [5, 5.41) is 13.7. The molecule has 4 heteroatoms. The third-order valence-electron chi connectivity index (χ3n) is 4.03. The minimum atomic E-state index is -0.538. The Balaban J connectivity index is 1.90. The minimum Gasteiger partial charge on any atom is -0.497 e. The van der Waals surface area contributed by atoms with Gasteiger partial charge in [-0.15, -0.1) is 0 Å². The third-order valence-corrected chi connectivity index (χ3v) is 4.03.